The summed E-state index contributed by atoms with van der Waals surface area (Å²) < 4.78 is 11.2. The van der Waals surface area contributed by atoms with Crippen LogP contribution in [-0.2, 0) is 12.8 Å². The van der Waals surface area contributed by atoms with Gasteiger partial charge in [0.05, 0.1) is 19.3 Å². The number of nitrogens with zero attached hydrogens (tertiary/aromatic N) is 2. The maximum absolute atomic E-state index is 12.4. The number of ether oxygens (including phenoxy) is 2. The van der Waals surface area contributed by atoms with Crippen LogP contribution in [-0.4, -0.2) is 42.6 Å². The SMILES string of the molecule is COc1ccc2c(c1)OC[C@H](Cc1ccc(C(=O)N3CCCC3)cn1)C2. The minimum Gasteiger partial charge on any atom is -0.497 e. The first-order valence-corrected chi connectivity index (χ1v) is 9.27. The van der Waals surface area contributed by atoms with E-state index in [0.29, 0.717) is 18.1 Å². The summed E-state index contributed by atoms with van der Waals surface area (Å²) in [5.74, 6) is 2.23. The molecule has 1 fully saturated rings. The van der Waals surface area contributed by atoms with Crippen LogP contribution in [0.2, 0.25) is 0 Å². The molecule has 2 aliphatic heterocycles. The van der Waals surface area contributed by atoms with E-state index in [2.05, 4.69) is 11.1 Å². The maximum Gasteiger partial charge on any atom is 0.255 e. The van der Waals surface area contributed by atoms with Crippen LogP contribution in [0.15, 0.2) is 36.5 Å². The summed E-state index contributed by atoms with van der Waals surface area (Å²) >= 11 is 0. The van der Waals surface area contributed by atoms with E-state index in [1.165, 1.54) is 5.56 Å². The second-order valence-electron chi connectivity index (χ2n) is 7.10. The summed E-state index contributed by atoms with van der Waals surface area (Å²) in [5.41, 5.74) is 2.91. The average molecular weight is 352 g/mol. The molecule has 0 bridgehead atoms. The van der Waals surface area contributed by atoms with Crippen molar-refractivity contribution in [2.24, 2.45) is 5.92 Å². The minimum atomic E-state index is 0.102. The normalized spacial score (nSPS) is 19.0. The monoisotopic (exact) mass is 352 g/mol. The number of benzene rings is 1. The Balaban J connectivity index is 1.39. The summed E-state index contributed by atoms with van der Waals surface area (Å²) in [4.78, 5) is 18.8. The highest BCUT2D eigenvalue weighted by Crippen LogP contribution is 2.32. The van der Waals surface area contributed by atoms with E-state index >= 15 is 0 Å². The van der Waals surface area contributed by atoms with Gasteiger partial charge in [-0.05, 0) is 49.4 Å². The molecule has 26 heavy (non-hydrogen) atoms. The van der Waals surface area contributed by atoms with Crippen molar-refractivity contribution in [3.63, 3.8) is 0 Å². The summed E-state index contributed by atoms with van der Waals surface area (Å²) in [7, 11) is 1.66. The van der Waals surface area contributed by atoms with Crippen molar-refractivity contribution in [3.8, 4) is 11.5 Å². The number of likely N-dealkylation sites (tertiary alicyclic amines) is 1. The molecular formula is C21H24N2O3. The summed E-state index contributed by atoms with van der Waals surface area (Å²) in [6.45, 7) is 2.41. The lowest BCUT2D eigenvalue weighted by Gasteiger charge is -2.25. The van der Waals surface area contributed by atoms with Gasteiger partial charge in [-0.3, -0.25) is 9.78 Å². The third-order valence-corrected chi connectivity index (χ3v) is 5.22. The third-order valence-electron chi connectivity index (χ3n) is 5.22. The van der Waals surface area contributed by atoms with Gasteiger partial charge in [-0.1, -0.05) is 6.07 Å². The van der Waals surface area contributed by atoms with E-state index in [1.807, 2.05) is 29.2 Å². The topological polar surface area (TPSA) is 51.7 Å². The molecule has 1 aromatic heterocycles. The number of aromatic nitrogens is 1. The first-order valence-electron chi connectivity index (χ1n) is 9.27. The molecule has 4 rings (SSSR count). The van der Waals surface area contributed by atoms with Gasteiger partial charge >= 0.3 is 0 Å². The molecule has 136 valence electrons. The highest BCUT2D eigenvalue weighted by atomic mass is 16.5. The molecule has 1 atom stereocenters. The number of carbonyl (C=O) groups excluding carboxylic acids is 1. The van der Waals surface area contributed by atoms with Crippen LogP contribution < -0.4 is 9.47 Å². The second kappa shape index (κ2) is 7.36. The number of fused-ring (bicyclic) bond motifs is 1. The van der Waals surface area contributed by atoms with Crippen molar-refractivity contribution >= 4 is 5.91 Å². The molecule has 0 spiro atoms. The van der Waals surface area contributed by atoms with Gasteiger partial charge in [-0.15, -0.1) is 0 Å². The quantitative estimate of drug-likeness (QED) is 0.848. The molecule has 0 N–H and O–H groups in total. The van der Waals surface area contributed by atoms with Crippen LogP contribution in [0.5, 0.6) is 11.5 Å². The molecule has 2 aliphatic rings. The fourth-order valence-electron chi connectivity index (χ4n) is 3.74. The van der Waals surface area contributed by atoms with E-state index in [9.17, 15) is 4.79 Å². The highest BCUT2D eigenvalue weighted by Gasteiger charge is 2.22. The highest BCUT2D eigenvalue weighted by molar-refractivity contribution is 5.94. The van der Waals surface area contributed by atoms with E-state index in [4.69, 9.17) is 9.47 Å². The van der Waals surface area contributed by atoms with Crippen molar-refractivity contribution in [2.75, 3.05) is 26.8 Å². The summed E-state index contributed by atoms with van der Waals surface area (Å²) in [6, 6.07) is 9.88. The average Bonchev–Trinajstić information content (AvgIpc) is 3.22. The van der Waals surface area contributed by atoms with Crippen LogP contribution in [0.25, 0.3) is 0 Å². The van der Waals surface area contributed by atoms with E-state index in [0.717, 1.165) is 56.0 Å². The summed E-state index contributed by atoms with van der Waals surface area (Å²) in [6.07, 6.45) is 5.75. The number of rotatable bonds is 4. The van der Waals surface area contributed by atoms with Gasteiger partial charge in [0.1, 0.15) is 11.5 Å². The van der Waals surface area contributed by atoms with Crippen molar-refractivity contribution in [1.29, 1.82) is 0 Å². The number of hydrogen-bond acceptors (Lipinski definition) is 4. The van der Waals surface area contributed by atoms with Crippen LogP contribution >= 0.6 is 0 Å². The lowest BCUT2D eigenvalue weighted by molar-refractivity contribution is 0.0792. The van der Waals surface area contributed by atoms with Crippen LogP contribution in [0.1, 0.15) is 34.5 Å². The number of hydrogen-bond donors (Lipinski definition) is 0. The summed E-state index contributed by atoms with van der Waals surface area (Å²) in [5, 5.41) is 0. The molecule has 5 heteroatoms. The zero-order chi connectivity index (χ0) is 17.9. The zero-order valence-corrected chi connectivity index (χ0v) is 15.1. The number of carbonyl (C=O) groups is 1. The first kappa shape index (κ1) is 16.9. The molecule has 0 aliphatic carbocycles. The fourth-order valence-corrected chi connectivity index (χ4v) is 3.74. The Bertz CT molecular complexity index is 782. The Kier molecular flexibility index (Phi) is 4.78. The Morgan fingerprint density at radius 1 is 1.27 bits per heavy atom. The molecule has 2 aromatic rings. The van der Waals surface area contributed by atoms with Gasteiger partial charge in [-0.2, -0.15) is 0 Å². The molecule has 0 radical (unpaired) electrons. The predicted octanol–water partition coefficient (Wildman–Crippen LogP) is 3.12. The zero-order valence-electron chi connectivity index (χ0n) is 15.1. The predicted molar refractivity (Wildman–Crippen MR) is 98.8 cm³/mol. The molecule has 0 unspecified atom stereocenters. The molecule has 1 saturated heterocycles. The Labute approximate surface area is 153 Å². The van der Waals surface area contributed by atoms with Crippen LogP contribution in [0.3, 0.4) is 0 Å². The van der Waals surface area contributed by atoms with E-state index < -0.39 is 0 Å². The van der Waals surface area contributed by atoms with E-state index in [1.54, 1.807) is 13.3 Å². The smallest absolute Gasteiger partial charge is 0.255 e. The lowest BCUT2D eigenvalue weighted by Crippen LogP contribution is -2.27. The molecule has 0 saturated carbocycles. The molecule has 3 heterocycles. The first-order chi connectivity index (χ1) is 12.7. The standard InChI is InChI=1S/C21H24N2O3/c1-25-19-7-5-16-10-15(14-26-20(16)12-19)11-18-6-4-17(13-22-18)21(24)23-8-2-3-9-23/h4-7,12-13,15H,2-3,8-11,14H2,1H3/t15-/m0/s1. The van der Waals surface area contributed by atoms with Crippen molar-refractivity contribution in [2.45, 2.75) is 25.7 Å². The van der Waals surface area contributed by atoms with Crippen molar-refractivity contribution in [3.05, 3.63) is 53.3 Å². The lowest BCUT2D eigenvalue weighted by atomic mass is 9.92. The van der Waals surface area contributed by atoms with Gasteiger partial charge in [0.2, 0.25) is 0 Å². The molecule has 5 nitrogen and oxygen atoms in total. The van der Waals surface area contributed by atoms with Crippen molar-refractivity contribution in [1.82, 2.24) is 9.88 Å². The number of methoxy groups -OCH3 is 1. The van der Waals surface area contributed by atoms with Crippen LogP contribution in [0.4, 0.5) is 0 Å². The van der Waals surface area contributed by atoms with Crippen molar-refractivity contribution < 1.29 is 14.3 Å². The van der Waals surface area contributed by atoms with Gasteiger partial charge in [-0.25, -0.2) is 0 Å². The van der Waals surface area contributed by atoms with Gasteiger partial charge in [0.25, 0.3) is 5.91 Å². The van der Waals surface area contributed by atoms with Crippen LogP contribution in [0, 0.1) is 5.92 Å². The molecular weight excluding hydrogens is 328 g/mol. The Morgan fingerprint density at radius 2 is 2.12 bits per heavy atom. The van der Waals surface area contributed by atoms with Gasteiger partial charge in [0.15, 0.2) is 0 Å². The number of amides is 1. The van der Waals surface area contributed by atoms with E-state index in [-0.39, 0.29) is 5.91 Å². The molecule has 1 amide bonds. The Morgan fingerprint density at radius 3 is 2.85 bits per heavy atom. The molecule has 1 aromatic carbocycles. The number of pyridine rings is 1. The minimum absolute atomic E-state index is 0.102. The van der Waals surface area contributed by atoms with Gasteiger partial charge in [0, 0.05) is 37.0 Å². The Hall–Kier alpha value is -2.56. The van der Waals surface area contributed by atoms with Gasteiger partial charge < -0.3 is 14.4 Å². The second-order valence-corrected chi connectivity index (χ2v) is 7.10. The maximum atomic E-state index is 12.4. The largest absolute Gasteiger partial charge is 0.497 e. The third kappa shape index (κ3) is 3.52. The fraction of sp³-hybridized carbons (Fsp3) is 0.429.